The van der Waals surface area contributed by atoms with Gasteiger partial charge in [-0.2, -0.15) is 0 Å². The van der Waals surface area contributed by atoms with E-state index in [1.807, 2.05) is 50.2 Å². The lowest BCUT2D eigenvalue weighted by Gasteiger charge is -2.45. The average molecular weight is 458 g/mol. The molecule has 7 heteroatoms. The third-order valence-corrected chi connectivity index (χ3v) is 7.18. The quantitative estimate of drug-likeness (QED) is 0.695. The maximum atomic E-state index is 14.1. The van der Waals surface area contributed by atoms with Gasteiger partial charge in [-0.25, -0.2) is 4.79 Å². The summed E-state index contributed by atoms with van der Waals surface area (Å²) in [4.78, 5) is 44.4. The lowest BCUT2D eigenvalue weighted by atomic mass is 9.63. The predicted octanol–water partition coefficient (Wildman–Crippen LogP) is 3.39. The first kappa shape index (κ1) is 21.9. The Hall–Kier alpha value is -3.87. The van der Waals surface area contributed by atoms with Crippen LogP contribution in [-0.2, 0) is 24.5 Å². The number of benzene rings is 2. The average Bonchev–Trinajstić information content (AvgIpc) is 3.03. The Balaban J connectivity index is 1.93. The highest BCUT2D eigenvalue weighted by Gasteiger charge is 2.63. The van der Waals surface area contributed by atoms with Gasteiger partial charge in [-0.3, -0.25) is 14.5 Å². The van der Waals surface area contributed by atoms with Crippen molar-refractivity contribution < 1.29 is 19.1 Å². The molecule has 0 saturated carbocycles. The number of hydrogen-bond acceptors (Lipinski definition) is 6. The highest BCUT2D eigenvalue weighted by Crippen LogP contribution is 2.57. The van der Waals surface area contributed by atoms with Gasteiger partial charge in [-0.1, -0.05) is 35.9 Å². The summed E-state index contributed by atoms with van der Waals surface area (Å²) in [6, 6.07) is 13.2. The molecule has 1 atom stereocenters. The molecule has 2 N–H and O–H groups in total. The Bertz CT molecular complexity index is 1340. The Morgan fingerprint density at radius 2 is 1.79 bits per heavy atom. The molecular weight excluding hydrogens is 430 g/mol. The highest BCUT2D eigenvalue weighted by atomic mass is 16.5. The van der Waals surface area contributed by atoms with Crippen LogP contribution >= 0.6 is 0 Å². The largest absolute Gasteiger partial charge is 0.466 e. The van der Waals surface area contributed by atoms with Crippen LogP contribution in [0.4, 0.5) is 11.4 Å². The monoisotopic (exact) mass is 457 g/mol. The number of methoxy groups -OCH3 is 1. The van der Waals surface area contributed by atoms with Crippen LogP contribution in [0.3, 0.4) is 0 Å². The molecule has 0 radical (unpaired) electrons. The number of carbonyl (C=O) groups is 3. The van der Waals surface area contributed by atoms with E-state index in [-0.39, 0.29) is 23.1 Å². The molecule has 2 aromatic carbocycles. The van der Waals surface area contributed by atoms with Crippen molar-refractivity contribution >= 4 is 29.0 Å². The van der Waals surface area contributed by atoms with E-state index in [2.05, 4.69) is 0 Å². The number of carbonyl (C=O) groups excluding carboxylic acids is 3. The number of nitrogens with zero attached hydrogens (tertiary/aromatic N) is 2. The van der Waals surface area contributed by atoms with Crippen LogP contribution in [0.25, 0.3) is 0 Å². The van der Waals surface area contributed by atoms with Crippen molar-refractivity contribution in [2.75, 3.05) is 24.0 Å². The second-order valence-corrected chi connectivity index (χ2v) is 9.11. The molecule has 174 valence electrons. The van der Waals surface area contributed by atoms with Crippen LogP contribution in [-0.4, -0.2) is 31.8 Å². The fourth-order valence-electron chi connectivity index (χ4n) is 5.78. The summed E-state index contributed by atoms with van der Waals surface area (Å²) < 4.78 is 5.19. The van der Waals surface area contributed by atoms with Gasteiger partial charge in [-0.15, -0.1) is 0 Å². The van der Waals surface area contributed by atoms with Gasteiger partial charge in [0.2, 0.25) is 5.91 Å². The maximum Gasteiger partial charge on any atom is 0.339 e. The zero-order chi connectivity index (χ0) is 24.4. The third-order valence-electron chi connectivity index (χ3n) is 7.18. The van der Waals surface area contributed by atoms with E-state index >= 15 is 0 Å². The van der Waals surface area contributed by atoms with Gasteiger partial charge in [0.25, 0.3) is 0 Å². The number of amides is 1. The van der Waals surface area contributed by atoms with Crippen molar-refractivity contribution in [3.8, 4) is 0 Å². The maximum absolute atomic E-state index is 14.1. The first-order chi connectivity index (χ1) is 16.2. The van der Waals surface area contributed by atoms with Crippen molar-refractivity contribution in [3.05, 3.63) is 81.8 Å². The molecule has 1 amide bonds. The number of anilines is 2. The SMILES string of the molecule is COC(=O)C1=C(N)N(c2ccc(C)cc2C)C2=C(C(=O)CCC2)C12C(=O)N(C)c1ccccc12. The second-order valence-electron chi connectivity index (χ2n) is 9.11. The number of likely N-dealkylation sites (N-methyl/N-ethyl adjacent to an activating group) is 1. The molecule has 7 nitrogen and oxygen atoms in total. The number of esters is 1. The minimum atomic E-state index is -1.63. The van der Waals surface area contributed by atoms with Crippen LogP contribution in [0.15, 0.2) is 65.1 Å². The van der Waals surface area contributed by atoms with E-state index in [0.29, 0.717) is 41.8 Å². The lowest BCUT2D eigenvalue weighted by molar-refractivity contribution is -0.138. The van der Waals surface area contributed by atoms with Crippen LogP contribution in [0, 0.1) is 13.8 Å². The van der Waals surface area contributed by atoms with E-state index in [1.54, 1.807) is 18.0 Å². The van der Waals surface area contributed by atoms with Gasteiger partial charge >= 0.3 is 5.97 Å². The summed E-state index contributed by atoms with van der Waals surface area (Å²) in [5.41, 5.74) is 10.2. The second kappa shape index (κ2) is 7.58. The Morgan fingerprint density at radius 1 is 1.06 bits per heavy atom. The number of hydrogen-bond donors (Lipinski definition) is 1. The minimum Gasteiger partial charge on any atom is -0.466 e. The molecule has 2 aromatic rings. The smallest absolute Gasteiger partial charge is 0.339 e. The van der Waals surface area contributed by atoms with Crippen molar-refractivity contribution in [2.45, 2.75) is 38.5 Å². The number of ketones is 1. The summed E-state index contributed by atoms with van der Waals surface area (Å²) in [6.07, 6.45) is 1.50. The summed E-state index contributed by atoms with van der Waals surface area (Å²) in [7, 11) is 2.92. The molecule has 2 heterocycles. The van der Waals surface area contributed by atoms with Crippen molar-refractivity contribution in [2.24, 2.45) is 5.73 Å². The van der Waals surface area contributed by atoms with Crippen molar-refractivity contribution in [3.63, 3.8) is 0 Å². The molecule has 5 rings (SSSR count). The zero-order valence-electron chi connectivity index (χ0n) is 19.8. The molecular formula is C27H27N3O4. The summed E-state index contributed by atoms with van der Waals surface area (Å²) in [5.74, 6) is -1.13. The number of aryl methyl sites for hydroxylation is 2. The molecule has 0 bridgehead atoms. The molecule has 0 aromatic heterocycles. The molecule has 3 aliphatic rings. The van der Waals surface area contributed by atoms with Crippen molar-refractivity contribution in [1.82, 2.24) is 0 Å². The van der Waals surface area contributed by atoms with Crippen LogP contribution in [0.2, 0.25) is 0 Å². The number of Topliss-reactive ketones (excluding diaryl/α,β-unsaturated/α-hetero) is 1. The molecule has 2 aliphatic heterocycles. The van der Waals surface area contributed by atoms with Gasteiger partial charge < -0.3 is 15.4 Å². The van der Waals surface area contributed by atoms with E-state index in [4.69, 9.17) is 10.5 Å². The molecule has 1 spiro atoms. The van der Waals surface area contributed by atoms with Gasteiger partial charge in [0.05, 0.1) is 12.8 Å². The minimum absolute atomic E-state index is 0.00854. The topological polar surface area (TPSA) is 92.9 Å². The van der Waals surface area contributed by atoms with Crippen LogP contribution in [0.1, 0.15) is 36.0 Å². The number of allylic oxidation sites excluding steroid dienone is 1. The van der Waals surface area contributed by atoms with E-state index in [9.17, 15) is 14.4 Å². The molecule has 34 heavy (non-hydrogen) atoms. The molecule has 0 fully saturated rings. The zero-order valence-corrected chi connectivity index (χ0v) is 19.8. The standard InChI is InChI=1S/C27H27N3O4/c1-15-12-13-18(16(2)14-15)30-20-10-7-11-21(31)22(20)27(23(24(30)28)25(32)34-4)17-8-5-6-9-19(17)29(3)26(27)33/h5-6,8-9,12-14H,7,10-11,28H2,1-4H3. The third kappa shape index (κ3) is 2.67. The first-order valence-electron chi connectivity index (χ1n) is 11.4. The molecule has 1 aliphatic carbocycles. The van der Waals surface area contributed by atoms with E-state index < -0.39 is 11.4 Å². The number of nitrogens with two attached hydrogens (primary N) is 1. The van der Waals surface area contributed by atoms with Crippen molar-refractivity contribution in [1.29, 1.82) is 0 Å². The number of para-hydroxylation sites is 1. The Morgan fingerprint density at radius 3 is 2.50 bits per heavy atom. The fourth-order valence-corrected chi connectivity index (χ4v) is 5.78. The number of rotatable bonds is 2. The van der Waals surface area contributed by atoms with Crippen LogP contribution < -0.4 is 15.5 Å². The van der Waals surface area contributed by atoms with Gasteiger partial charge in [0, 0.05) is 36.0 Å². The first-order valence-corrected chi connectivity index (χ1v) is 11.4. The van der Waals surface area contributed by atoms with E-state index in [1.165, 1.54) is 12.0 Å². The number of fused-ring (bicyclic) bond motifs is 3. The van der Waals surface area contributed by atoms with Crippen LogP contribution in [0.5, 0.6) is 0 Å². The van der Waals surface area contributed by atoms with E-state index in [0.717, 1.165) is 16.8 Å². The highest BCUT2D eigenvalue weighted by molar-refractivity contribution is 6.24. The summed E-state index contributed by atoms with van der Waals surface area (Å²) in [5, 5.41) is 0. The van der Waals surface area contributed by atoms with Gasteiger partial charge in [0.15, 0.2) is 5.78 Å². The van der Waals surface area contributed by atoms with Gasteiger partial charge in [-0.05, 0) is 44.4 Å². The lowest BCUT2D eigenvalue weighted by Crippen LogP contribution is -2.54. The summed E-state index contributed by atoms with van der Waals surface area (Å²) in [6.45, 7) is 3.96. The fraction of sp³-hybridized carbons (Fsp3) is 0.296. The predicted molar refractivity (Wildman–Crippen MR) is 129 cm³/mol. The number of ether oxygens (including phenoxy) is 1. The molecule has 0 saturated heterocycles. The Kier molecular flexibility index (Phi) is 4.90. The van der Waals surface area contributed by atoms with Gasteiger partial charge in [0.1, 0.15) is 16.8 Å². The summed E-state index contributed by atoms with van der Waals surface area (Å²) >= 11 is 0. The normalized spacial score (nSPS) is 21.9. The molecule has 1 unspecified atom stereocenters. The Labute approximate surface area is 198 Å².